The van der Waals surface area contributed by atoms with Gasteiger partial charge in [0.25, 0.3) is 0 Å². The zero-order valence-corrected chi connectivity index (χ0v) is 13.6. The number of pyridine rings is 1. The highest BCUT2D eigenvalue weighted by Crippen LogP contribution is 2.00. The van der Waals surface area contributed by atoms with E-state index in [9.17, 15) is 9.59 Å². The molecule has 1 aromatic heterocycles. The molecule has 0 aliphatic heterocycles. The van der Waals surface area contributed by atoms with E-state index < -0.39 is 6.04 Å². The van der Waals surface area contributed by atoms with E-state index in [0.717, 1.165) is 11.3 Å². The Morgan fingerprint density at radius 3 is 2.58 bits per heavy atom. The molecule has 2 aromatic rings. The second-order valence-electron chi connectivity index (χ2n) is 5.34. The monoisotopic (exact) mass is 323 g/mol. The number of nitrogens with one attached hydrogen (secondary N) is 2. The Balaban J connectivity index is 1.72. The second kappa shape index (κ2) is 9.25. The van der Waals surface area contributed by atoms with Gasteiger partial charge in [-0.05, 0) is 30.7 Å². The lowest BCUT2D eigenvalue weighted by atomic mass is 10.2. The Morgan fingerprint density at radius 1 is 1.12 bits per heavy atom. The van der Waals surface area contributed by atoms with Crippen LogP contribution in [0.4, 0.5) is 0 Å². The molecule has 5 heteroatoms. The van der Waals surface area contributed by atoms with Gasteiger partial charge in [0.2, 0.25) is 11.8 Å². The van der Waals surface area contributed by atoms with Gasteiger partial charge in [-0.15, -0.1) is 0 Å². The minimum Gasteiger partial charge on any atom is -0.354 e. The van der Waals surface area contributed by atoms with Crippen LogP contribution < -0.4 is 10.6 Å². The summed E-state index contributed by atoms with van der Waals surface area (Å²) >= 11 is 0. The number of hydrogen-bond donors (Lipinski definition) is 2. The summed E-state index contributed by atoms with van der Waals surface area (Å²) in [4.78, 5) is 28.0. The van der Waals surface area contributed by atoms with Crippen molar-refractivity contribution >= 4 is 17.9 Å². The Hall–Kier alpha value is -2.95. The molecule has 2 rings (SSSR count). The minimum atomic E-state index is -0.596. The molecular weight excluding hydrogens is 302 g/mol. The number of amides is 2. The predicted molar refractivity (Wildman–Crippen MR) is 94.0 cm³/mol. The summed E-state index contributed by atoms with van der Waals surface area (Å²) in [5.41, 5.74) is 1.85. The molecule has 0 fully saturated rings. The van der Waals surface area contributed by atoms with Crippen LogP contribution in [0.25, 0.3) is 6.08 Å². The highest BCUT2D eigenvalue weighted by Gasteiger charge is 2.13. The first-order valence-corrected chi connectivity index (χ1v) is 7.86. The first kappa shape index (κ1) is 17.4. The van der Waals surface area contributed by atoms with Crippen LogP contribution >= 0.6 is 0 Å². The van der Waals surface area contributed by atoms with Crippen molar-refractivity contribution < 1.29 is 9.59 Å². The number of aromatic nitrogens is 1. The Bertz CT molecular complexity index is 684. The molecule has 0 aliphatic rings. The summed E-state index contributed by atoms with van der Waals surface area (Å²) in [5, 5.41) is 5.44. The van der Waals surface area contributed by atoms with E-state index in [1.54, 1.807) is 19.2 Å². The summed E-state index contributed by atoms with van der Waals surface area (Å²) < 4.78 is 0. The van der Waals surface area contributed by atoms with Gasteiger partial charge in [-0.3, -0.25) is 14.6 Å². The molecule has 24 heavy (non-hydrogen) atoms. The zero-order chi connectivity index (χ0) is 17.2. The van der Waals surface area contributed by atoms with Gasteiger partial charge < -0.3 is 10.6 Å². The second-order valence-corrected chi connectivity index (χ2v) is 5.34. The Morgan fingerprint density at radius 2 is 1.88 bits per heavy atom. The van der Waals surface area contributed by atoms with E-state index in [1.165, 1.54) is 6.08 Å². The van der Waals surface area contributed by atoms with E-state index in [4.69, 9.17) is 0 Å². The van der Waals surface area contributed by atoms with Crippen LogP contribution in [0.5, 0.6) is 0 Å². The van der Waals surface area contributed by atoms with E-state index >= 15 is 0 Å². The predicted octanol–water partition coefficient (Wildman–Crippen LogP) is 1.96. The summed E-state index contributed by atoms with van der Waals surface area (Å²) in [6, 6.07) is 14.6. The molecule has 1 heterocycles. The highest BCUT2D eigenvalue weighted by atomic mass is 16.2. The van der Waals surface area contributed by atoms with Crippen LogP contribution in [-0.2, 0) is 16.0 Å². The van der Waals surface area contributed by atoms with Crippen LogP contribution in [0.2, 0.25) is 0 Å². The van der Waals surface area contributed by atoms with E-state index in [2.05, 4.69) is 15.6 Å². The molecule has 124 valence electrons. The lowest BCUT2D eigenvalue weighted by Crippen LogP contribution is -2.44. The summed E-state index contributed by atoms with van der Waals surface area (Å²) in [6.45, 7) is 2.14. The SMILES string of the molecule is CC(NC(=O)/C=C/c1ccccc1)C(=O)NCCc1ccccn1. The van der Waals surface area contributed by atoms with Crippen LogP contribution in [0.1, 0.15) is 18.2 Å². The number of nitrogens with zero attached hydrogens (tertiary/aromatic N) is 1. The maximum absolute atomic E-state index is 12.0. The van der Waals surface area contributed by atoms with Gasteiger partial charge in [0, 0.05) is 30.9 Å². The van der Waals surface area contributed by atoms with Crippen molar-refractivity contribution in [3.63, 3.8) is 0 Å². The zero-order valence-electron chi connectivity index (χ0n) is 13.6. The molecule has 0 saturated heterocycles. The third kappa shape index (κ3) is 6.04. The summed E-state index contributed by atoms with van der Waals surface area (Å²) in [5.74, 6) is -0.515. The fourth-order valence-electron chi connectivity index (χ4n) is 2.08. The van der Waals surface area contributed by atoms with Crippen LogP contribution in [0.3, 0.4) is 0 Å². The molecule has 0 bridgehead atoms. The lowest BCUT2D eigenvalue weighted by molar-refractivity contribution is -0.126. The molecule has 2 N–H and O–H groups in total. The van der Waals surface area contributed by atoms with Crippen molar-refractivity contribution in [1.29, 1.82) is 0 Å². The number of carbonyl (C=O) groups excluding carboxylic acids is 2. The molecule has 5 nitrogen and oxygen atoms in total. The fraction of sp³-hybridized carbons (Fsp3) is 0.211. The number of hydrogen-bond acceptors (Lipinski definition) is 3. The maximum Gasteiger partial charge on any atom is 0.244 e. The third-order valence-corrected chi connectivity index (χ3v) is 3.39. The third-order valence-electron chi connectivity index (χ3n) is 3.39. The Labute approximate surface area is 141 Å². The summed E-state index contributed by atoms with van der Waals surface area (Å²) in [7, 11) is 0. The van der Waals surface area contributed by atoms with Crippen LogP contribution in [-0.4, -0.2) is 29.4 Å². The van der Waals surface area contributed by atoms with E-state index in [-0.39, 0.29) is 11.8 Å². The average molecular weight is 323 g/mol. The summed E-state index contributed by atoms with van der Waals surface area (Å²) in [6.07, 6.45) is 5.51. The first-order chi connectivity index (χ1) is 11.6. The van der Waals surface area contributed by atoms with Gasteiger partial charge in [-0.1, -0.05) is 36.4 Å². The Kier molecular flexibility index (Phi) is 6.71. The minimum absolute atomic E-state index is 0.215. The molecule has 0 saturated carbocycles. The van der Waals surface area contributed by atoms with Crippen molar-refractivity contribution in [2.24, 2.45) is 0 Å². The van der Waals surface area contributed by atoms with Gasteiger partial charge in [-0.2, -0.15) is 0 Å². The van der Waals surface area contributed by atoms with Gasteiger partial charge >= 0.3 is 0 Å². The molecule has 1 aromatic carbocycles. The van der Waals surface area contributed by atoms with Crippen molar-refractivity contribution in [1.82, 2.24) is 15.6 Å². The van der Waals surface area contributed by atoms with Crippen molar-refractivity contribution in [3.8, 4) is 0 Å². The van der Waals surface area contributed by atoms with Gasteiger partial charge in [0.05, 0.1) is 0 Å². The maximum atomic E-state index is 12.0. The smallest absolute Gasteiger partial charge is 0.244 e. The first-order valence-electron chi connectivity index (χ1n) is 7.86. The van der Waals surface area contributed by atoms with Crippen LogP contribution in [0, 0.1) is 0 Å². The largest absolute Gasteiger partial charge is 0.354 e. The molecule has 0 spiro atoms. The topological polar surface area (TPSA) is 71.1 Å². The van der Waals surface area contributed by atoms with Gasteiger partial charge in [0.1, 0.15) is 6.04 Å². The molecule has 0 radical (unpaired) electrons. The molecule has 2 amide bonds. The average Bonchev–Trinajstić information content (AvgIpc) is 2.61. The van der Waals surface area contributed by atoms with E-state index in [0.29, 0.717) is 13.0 Å². The molecular formula is C19H21N3O2. The number of rotatable bonds is 7. The van der Waals surface area contributed by atoms with Crippen LogP contribution in [0.15, 0.2) is 60.8 Å². The standard InChI is InChI=1S/C19H21N3O2/c1-15(19(24)21-14-12-17-9-5-6-13-20-17)22-18(23)11-10-16-7-3-2-4-8-16/h2-11,13,15H,12,14H2,1H3,(H,21,24)(H,22,23)/b11-10+. The lowest BCUT2D eigenvalue weighted by Gasteiger charge is -2.12. The van der Waals surface area contributed by atoms with Gasteiger partial charge in [0.15, 0.2) is 0 Å². The fourth-order valence-corrected chi connectivity index (χ4v) is 2.08. The van der Waals surface area contributed by atoms with Crippen molar-refractivity contribution in [2.75, 3.05) is 6.54 Å². The molecule has 0 aliphatic carbocycles. The van der Waals surface area contributed by atoms with E-state index in [1.807, 2.05) is 48.5 Å². The molecule has 1 atom stereocenters. The van der Waals surface area contributed by atoms with Crippen molar-refractivity contribution in [2.45, 2.75) is 19.4 Å². The van der Waals surface area contributed by atoms with Gasteiger partial charge in [-0.25, -0.2) is 0 Å². The number of benzene rings is 1. The highest BCUT2D eigenvalue weighted by molar-refractivity contribution is 5.95. The number of carbonyl (C=O) groups is 2. The van der Waals surface area contributed by atoms with Crippen molar-refractivity contribution in [3.05, 3.63) is 72.1 Å². The quantitative estimate of drug-likeness (QED) is 0.765. The molecule has 1 unspecified atom stereocenters. The normalized spacial score (nSPS) is 11.9.